The number of thiazole rings is 1. The van der Waals surface area contributed by atoms with E-state index < -0.39 is 42.1 Å². The summed E-state index contributed by atoms with van der Waals surface area (Å²) in [7, 11) is 0. The standard InChI is InChI=1S/C25H23F4N5O3S/c26-16-4-1-5-17(30)22(16)20-11-18(33-37-20)19-13-38-24(32-19)14-6-9-34(10-7-14)21(35)12-36-23-15(25(27,28)29)3-2-8-31-23/h1-5,8,13-14,20H,6-7,9-12,30H2. The molecule has 1 aromatic carbocycles. The maximum absolute atomic E-state index is 14.3. The second-order valence-corrected chi connectivity index (χ2v) is 9.84. The lowest BCUT2D eigenvalue weighted by Gasteiger charge is -2.31. The van der Waals surface area contributed by atoms with Gasteiger partial charge in [-0.15, -0.1) is 11.3 Å². The van der Waals surface area contributed by atoms with Gasteiger partial charge in [-0.05, 0) is 37.1 Å². The van der Waals surface area contributed by atoms with Gasteiger partial charge in [-0.3, -0.25) is 4.79 Å². The fourth-order valence-corrected chi connectivity index (χ4v) is 5.50. The monoisotopic (exact) mass is 549 g/mol. The van der Waals surface area contributed by atoms with Gasteiger partial charge in [-0.25, -0.2) is 14.4 Å². The number of rotatable bonds is 6. The smallest absolute Gasteiger partial charge is 0.421 e. The van der Waals surface area contributed by atoms with Crippen molar-refractivity contribution in [2.24, 2.45) is 5.16 Å². The van der Waals surface area contributed by atoms with Crippen LogP contribution >= 0.6 is 11.3 Å². The molecule has 1 fully saturated rings. The number of piperidine rings is 1. The van der Waals surface area contributed by atoms with Gasteiger partial charge >= 0.3 is 6.18 Å². The molecule has 0 bridgehead atoms. The first-order valence-corrected chi connectivity index (χ1v) is 12.7. The zero-order valence-electron chi connectivity index (χ0n) is 19.9. The Labute approximate surface area is 219 Å². The van der Waals surface area contributed by atoms with Gasteiger partial charge in [0.05, 0.1) is 16.3 Å². The van der Waals surface area contributed by atoms with Crippen molar-refractivity contribution in [2.75, 3.05) is 25.4 Å². The van der Waals surface area contributed by atoms with Crippen molar-refractivity contribution in [3.05, 3.63) is 69.6 Å². The third-order valence-electron chi connectivity index (χ3n) is 6.50. The molecule has 8 nitrogen and oxygen atoms in total. The molecule has 0 radical (unpaired) electrons. The van der Waals surface area contributed by atoms with E-state index in [-0.39, 0.29) is 11.5 Å². The Balaban J connectivity index is 1.14. The molecule has 2 N–H and O–H groups in total. The summed E-state index contributed by atoms with van der Waals surface area (Å²) < 4.78 is 58.7. The lowest BCUT2D eigenvalue weighted by Crippen LogP contribution is -2.40. The van der Waals surface area contributed by atoms with Crippen LogP contribution in [0.4, 0.5) is 23.2 Å². The number of amides is 1. The maximum Gasteiger partial charge on any atom is 0.421 e. The van der Waals surface area contributed by atoms with Crippen LogP contribution in [0.3, 0.4) is 0 Å². The number of halogens is 4. The Morgan fingerprint density at radius 3 is 2.74 bits per heavy atom. The Hall–Kier alpha value is -3.74. The number of benzene rings is 1. The van der Waals surface area contributed by atoms with E-state index in [1.165, 1.54) is 29.7 Å². The predicted molar refractivity (Wildman–Crippen MR) is 131 cm³/mol. The highest BCUT2D eigenvalue weighted by Gasteiger charge is 2.36. The van der Waals surface area contributed by atoms with E-state index in [1.807, 2.05) is 5.38 Å². The van der Waals surface area contributed by atoms with Gasteiger partial charge in [0.25, 0.3) is 5.91 Å². The average Bonchev–Trinajstić information content (AvgIpc) is 3.57. The van der Waals surface area contributed by atoms with Crippen molar-refractivity contribution in [3.8, 4) is 5.88 Å². The molecule has 0 spiro atoms. The number of likely N-dealkylation sites (tertiary alicyclic amines) is 1. The fourth-order valence-electron chi connectivity index (χ4n) is 4.50. The Kier molecular flexibility index (Phi) is 7.19. The number of hydrogen-bond acceptors (Lipinski definition) is 8. The fraction of sp³-hybridized carbons (Fsp3) is 0.360. The highest BCUT2D eigenvalue weighted by atomic mass is 32.1. The van der Waals surface area contributed by atoms with E-state index >= 15 is 0 Å². The second-order valence-electron chi connectivity index (χ2n) is 8.95. The van der Waals surface area contributed by atoms with E-state index in [1.54, 1.807) is 11.0 Å². The van der Waals surface area contributed by atoms with Crippen LogP contribution in [0.2, 0.25) is 0 Å². The van der Waals surface area contributed by atoms with Crippen molar-refractivity contribution < 1.29 is 31.9 Å². The van der Waals surface area contributed by atoms with E-state index in [4.69, 9.17) is 20.3 Å². The number of oxime groups is 1. The summed E-state index contributed by atoms with van der Waals surface area (Å²) in [4.78, 5) is 27.9. The van der Waals surface area contributed by atoms with Crippen LogP contribution < -0.4 is 10.5 Å². The highest BCUT2D eigenvalue weighted by Crippen LogP contribution is 2.37. The normalized spacial score (nSPS) is 18.3. The molecule has 1 amide bonds. The van der Waals surface area contributed by atoms with Crippen molar-refractivity contribution in [3.63, 3.8) is 0 Å². The molecular formula is C25H23F4N5O3S. The molecule has 200 valence electrons. The lowest BCUT2D eigenvalue weighted by atomic mass is 9.97. The third kappa shape index (κ3) is 5.42. The quantitative estimate of drug-likeness (QED) is 0.346. The van der Waals surface area contributed by atoms with Crippen LogP contribution in [-0.4, -0.2) is 46.2 Å². The first-order valence-electron chi connectivity index (χ1n) is 11.9. The molecule has 1 unspecified atom stereocenters. The first-order chi connectivity index (χ1) is 18.2. The molecule has 5 rings (SSSR count). The minimum Gasteiger partial charge on any atom is -0.467 e. The van der Waals surface area contributed by atoms with Crippen molar-refractivity contribution in [1.29, 1.82) is 0 Å². The SMILES string of the molecule is Nc1cccc(F)c1C1CC(c2csc(C3CCN(C(=O)COc4ncccc4C(F)(F)F)CC3)n2)=NO1. The maximum atomic E-state index is 14.3. The van der Waals surface area contributed by atoms with Crippen LogP contribution in [0, 0.1) is 5.82 Å². The molecule has 1 saturated heterocycles. The summed E-state index contributed by atoms with van der Waals surface area (Å²) in [5.41, 5.74) is 6.75. The Morgan fingerprint density at radius 1 is 1.21 bits per heavy atom. The Bertz CT molecular complexity index is 1330. The van der Waals surface area contributed by atoms with Gasteiger partial charge in [0.15, 0.2) is 12.7 Å². The molecule has 2 aromatic heterocycles. The average molecular weight is 550 g/mol. The topological polar surface area (TPSA) is 103 Å². The van der Waals surface area contributed by atoms with Crippen LogP contribution in [0.15, 0.2) is 47.1 Å². The minimum atomic E-state index is -4.63. The van der Waals surface area contributed by atoms with Crippen molar-refractivity contribution >= 4 is 28.6 Å². The number of anilines is 1. The predicted octanol–water partition coefficient (Wildman–Crippen LogP) is 4.93. The summed E-state index contributed by atoms with van der Waals surface area (Å²) in [6, 6.07) is 6.50. The van der Waals surface area contributed by atoms with E-state index in [0.29, 0.717) is 49.4 Å². The molecule has 0 saturated carbocycles. The number of alkyl halides is 3. The van der Waals surface area contributed by atoms with Crippen molar-refractivity contribution in [2.45, 2.75) is 37.5 Å². The molecule has 1 atom stereocenters. The molecule has 13 heteroatoms. The highest BCUT2D eigenvalue weighted by molar-refractivity contribution is 7.10. The van der Waals surface area contributed by atoms with Crippen LogP contribution in [0.1, 0.15) is 53.1 Å². The van der Waals surface area contributed by atoms with E-state index in [9.17, 15) is 22.4 Å². The summed E-state index contributed by atoms with van der Waals surface area (Å²) in [6.07, 6.45) is -2.43. The van der Waals surface area contributed by atoms with Gasteiger partial charge in [0.2, 0.25) is 5.88 Å². The molecule has 0 aliphatic carbocycles. The molecular weight excluding hydrogens is 526 g/mol. The third-order valence-corrected chi connectivity index (χ3v) is 7.51. The van der Waals surface area contributed by atoms with Gasteiger partial charge in [-0.1, -0.05) is 11.2 Å². The summed E-state index contributed by atoms with van der Waals surface area (Å²) in [5.74, 6) is -1.35. The summed E-state index contributed by atoms with van der Waals surface area (Å²) in [5, 5.41) is 6.87. The van der Waals surface area contributed by atoms with Crippen LogP contribution in [-0.2, 0) is 15.8 Å². The van der Waals surface area contributed by atoms with Gasteiger partial charge in [0.1, 0.15) is 17.1 Å². The number of pyridine rings is 1. The molecule has 38 heavy (non-hydrogen) atoms. The van der Waals surface area contributed by atoms with Crippen LogP contribution in [0.5, 0.6) is 5.88 Å². The van der Waals surface area contributed by atoms with Gasteiger partial charge in [0, 0.05) is 42.7 Å². The molecule has 2 aliphatic rings. The summed E-state index contributed by atoms with van der Waals surface area (Å²) in [6.45, 7) is 0.323. The number of hydrogen-bond donors (Lipinski definition) is 1. The minimum absolute atomic E-state index is 0.118. The number of nitrogen functional groups attached to an aromatic ring is 1. The number of carbonyl (C=O) groups is 1. The number of ether oxygens (including phenoxy) is 1. The zero-order valence-corrected chi connectivity index (χ0v) is 20.8. The number of carbonyl (C=O) groups excluding carboxylic acids is 1. The van der Waals surface area contributed by atoms with Crippen molar-refractivity contribution in [1.82, 2.24) is 14.9 Å². The number of nitrogens with zero attached hydrogens (tertiary/aromatic N) is 4. The lowest BCUT2D eigenvalue weighted by molar-refractivity contribution is -0.141. The molecule has 4 heterocycles. The van der Waals surface area contributed by atoms with Gasteiger partial charge in [-0.2, -0.15) is 13.2 Å². The summed E-state index contributed by atoms with van der Waals surface area (Å²) >= 11 is 1.48. The van der Waals surface area contributed by atoms with E-state index in [2.05, 4.69) is 10.1 Å². The molecule has 3 aromatic rings. The number of aromatic nitrogens is 2. The Morgan fingerprint density at radius 2 is 2.00 bits per heavy atom. The first kappa shape index (κ1) is 25.9. The zero-order chi connectivity index (χ0) is 26.9. The second kappa shape index (κ2) is 10.6. The van der Waals surface area contributed by atoms with Gasteiger partial charge < -0.3 is 20.2 Å². The van der Waals surface area contributed by atoms with Crippen LogP contribution in [0.25, 0.3) is 0 Å². The van der Waals surface area contributed by atoms with E-state index in [0.717, 1.165) is 17.1 Å². The largest absolute Gasteiger partial charge is 0.467 e. The molecule has 2 aliphatic heterocycles. The number of nitrogens with two attached hydrogens (primary N) is 1.